The van der Waals surface area contributed by atoms with Gasteiger partial charge in [-0.05, 0) is 5.56 Å². The number of hydrogen-bond acceptors (Lipinski definition) is 1. The van der Waals surface area contributed by atoms with E-state index >= 15 is 0 Å². The Morgan fingerprint density at radius 3 is 1.34 bits per heavy atom. The van der Waals surface area contributed by atoms with Gasteiger partial charge in [0.15, 0.2) is 0 Å². The van der Waals surface area contributed by atoms with Crippen LogP contribution in [0.15, 0.2) is 24.3 Å². The highest BCUT2D eigenvalue weighted by molar-refractivity contribution is 5.34. The molecule has 1 rings (SSSR count). The summed E-state index contributed by atoms with van der Waals surface area (Å²) in [4.78, 5) is 0. The quantitative estimate of drug-likeness (QED) is 0.301. The molecule has 0 saturated carbocycles. The largest absolute Gasteiger partial charge is 0.389 e. The molecule has 0 fully saturated rings. The first kappa shape index (κ1) is 31.0. The van der Waals surface area contributed by atoms with E-state index in [2.05, 4.69) is 0 Å². The van der Waals surface area contributed by atoms with Crippen molar-refractivity contribution in [2.45, 2.75) is 67.0 Å². The average molecular weight is 553 g/mol. The molecule has 0 saturated heterocycles. The number of nitrogens with two attached hydrogens (primary N) is 1. The summed E-state index contributed by atoms with van der Waals surface area (Å²) in [5, 5.41) is 0. The maximum atomic E-state index is 14.3. The predicted octanol–water partition coefficient (Wildman–Crippen LogP) is 7.39. The first-order chi connectivity index (χ1) is 15.3. The molecule has 1 nitrogen and oxygen atoms in total. The van der Waals surface area contributed by atoms with Crippen LogP contribution >= 0.6 is 0 Å². The van der Waals surface area contributed by atoms with Gasteiger partial charge in [-0.15, -0.1) is 0 Å². The Kier molecular flexibility index (Phi) is 7.82. The van der Waals surface area contributed by atoms with Crippen molar-refractivity contribution in [1.29, 1.82) is 0 Å². The third kappa shape index (κ3) is 4.73. The summed E-state index contributed by atoms with van der Waals surface area (Å²) >= 11 is 0. The van der Waals surface area contributed by atoms with Crippen LogP contribution in [0.3, 0.4) is 0 Å². The van der Waals surface area contributed by atoms with Gasteiger partial charge in [0, 0.05) is 24.9 Å². The van der Waals surface area contributed by atoms with Crippen LogP contribution in [0.5, 0.6) is 0 Å². The van der Waals surface area contributed by atoms with Gasteiger partial charge >= 0.3 is 47.6 Å². The maximum Gasteiger partial charge on any atom is 0.389 e. The lowest BCUT2D eigenvalue weighted by Gasteiger charge is -2.43. The van der Waals surface area contributed by atoms with Crippen LogP contribution in [0.2, 0.25) is 0 Å². The highest BCUT2D eigenvalue weighted by Crippen LogP contribution is 2.64. The lowest BCUT2D eigenvalue weighted by molar-refractivity contribution is -0.443. The molecule has 2 N–H and O–H groups in total. The van der Waals surface area contributed by atoms with Gasteiger partial charge in [-0.25, -0.2) is 0 Å². The molecule has 0 amide bonds. The summed E-state index contributed by atoms with van der Waals surface area (Å²) in [5.74, 6) is -53.7. The standard InChI is InChI=1S/C17H12F17N/c18-10(19,5-6-11(20,21)22)13(25,26)15(29,30)17(33,34)16(31,32)14(27,28)12(23,24)9-4-2-1-3-8(9)7-35/h1-4H,5-7,35H2. The number of hydrogen-bond donors (Lipinski definition) is 1. The Bertz CT molecular complexity index is 887. The van der Waals surface area contributed by atoms with Gasteiger partial charge in [0.05, 0.1) is 0 Å². The molecule has 204 valence electrons. The lowest BCUT2D eigenvalue weighted by atomic mass is 9.85. The van der Waals surface area contributed by atoms with E-state index < -0.39 is 78.1 Å². The van der Waals surface area contributed by atoms with Gasteiger partial charge < -0.3 is 5.73 Å². The number of alkyl halides is 17. The molecule has 1 aromatic rings. The third-order valence-corrected chi connectivity index (χ3v) is 4.73. The summed E-state index contributed by atoms with van der Waals surface area (Å²) in [6.07, 6.45) is -12.1. The normalized spacial score (nSPS) is 15.5. The smallest absolute Gasteiger partial charge is 0.326 e. The van der Waals surface area contributed by atoms with Crippen molar-refractivity contribution < 1.29 is 74.6 Å². The summed E-state index contributed by atoms with van der Waals surface area (Å²) in [6.45, 7) is -1.12. The molecule has 0 aliphatic carbocycles. The van der Waals surface area contributed by atoms with E-state index in [1.807, 2.05) is 0 Å². The molecule has 0 heterocycles. The molecular weight excluding hydrogens is 541 g/mol. The van der Waals surface area contributed by atoms with Gasteiger partial charge in [0.2, 0.25) is 0 Å². The number of benzene rings is 1. The zero-order valence-electron chi connectivity index (χ0n) is 16.4. The molecule has 18 heteroatoms. The molecule has 0 aliphatic heterocycles. The van der Waals surface area contributed by atoms with E-state index in [1.165, 1.54) is 0 Å². The molecule has 0 radical (unpaired) electrons. The minimum atomic E-state index is -8.37. The Hall–Kier alpha value is -2.01. The van der Waals surface area contributed by atoms with E-state index in [9.17, 15) is 74.6 Å². The highest BCUT2D eigenvalue weighted by atomic mass is 19.4. The van der Waals surface area contributed by atoms with Crippen LogP contribution in [0.4, 0.5) is 74.6 Å². The predicted molar refractivity (Wildman–Crippen MR) is 83.2 cm³/mol. The Morgan fingerprint density at radius 1 is 0.514 bits per heavy atom. The second kappa shape index (κ2) is 8.83. The maximum absolute atomic E-state index is 14.3. The van der Waals surface area contributed by atoms with Crippen LogP contribution in [0.25, 0.3) is 0 Å². The fraction of sp³-hybridized carbons (Fsp3) is 0.647. The molecule has 0 aliphatic rings. The summed E-state index contributed by atoms with van der Waals surface area (Å²) < 4.78 is 229. The van der Waals surface area contributed by atoms with Gasteiger partial charge in [0.25, 0.3) is 0 Å². The average Bonchev–Trinajstić information content (AvgIpc) is 2.70. The van der Waals surface area contributed by atoms with Crippen molar-refractivity contribution in [1.82, 2.24) is 0 Å². The second-order valence-electron chi connectivity index (χ2n) is 7.13. The minimum absolute atomic E-state index is 0.0671. The fourth-order valence-corrected chi connectivity index (χ4v) is 2.65. The Balaban J connectivity index is 3.63. The molecule has 0 bridgehead atoms. The van der Waals surface area contributed by atoms with Crippen molar-refractivity contribution in [2.24, 2.45) is 5.73 Å². The Labute approximate surface area is 184 Å². The first-order valence-electron chi connectivity index (χ1n) is 8.76. The van der Waals surface area contributed by atoms with Crippen molar-refractivity contribution in [3.8, 4) is 0 Å². The van der Waals surface area contributed by atoms with Crippen molar-refractivity contribution in [2.75, 3.05) is 0 Å². The van der Waals surface area contributed by atoms with Crippen LogP contribution in [-0.2, 0) is 12.5 Å². The SMILES string of the molecule is NCc1ccccc1C(F)(F)C(F)(F)C(F)(F)C(F)(F)C(F)(F)C(F)(F)C(F)(F)CCC(F)(F)F. The molecule has 0 spiro atoms. The van der Waals surface area contributed by atoms with E-state index in [0.29, 0.717) is 12.1 Å². The van der Waals surface area contributed by atoms with Crippen molar-refractivity contribution in [3.63, 3.8) is 0 Å². The third-order valence-electron chi connectivity index (χ3n) is 4.73. The topological polar surface area (TPSA) is 26.0 Å². The van der Waals surface area contributed by atoms with Crippen molar-refractivity contribution in [3.05, 3.63) is 35.4 Å². The zero-order chi connectivity index (χ0) is 28.1. The number of rotatable bonds is 10. The molecule has 0 aromatic heterocycles. The summed E-state index contributed by atoms with van der Waals surface area (Å²) in [7, 11) is 0. The van der Waals surface area contributed by atoms with Crippen LogP contribution < -0.4 is 5.73 Å². The highest BCUT2D eigenvalue weighted by Gasteiger charge is 2.92. The minimum Gasteiger partial charge on any atom is -0.326 e. The Morgan fingerprint density at radius 2 is 0.914 bits per heavy atom. The van der Waals surface area contributed by atoms with Crippen LogP contribution in [-0.4, -0.2) is 41.7 Å². The van der Waals surface area contributed by atoms with E-state index in [1.54, 1.807) is 0 Å². The first-order valence-corrected chi connectivity index (χ1v) is 8.76. The van der Waals surface area contributed by atoms with Gasteiger partial charge in [-0.2, -0.15) is 74.6 Å². The second-order valence-corrected chi connectivity index (χ2v) is 7.13. The van der Waals surface area contributed by atoms with Gasteiger partial charge in [0.1, 0.15) is 0 Å². The summed E-state index contributed by atoms with van der Waals surface area (Å²) in [6, 6.07) is 1.73. The van der Waals surface area contributed by atoms with Crippen LogP contribution in [0.1, 0.15) is 24.0 Å². The molecule has 35 heavy (non-hydrogen) atoms. The van der Waals surface area contributed by atoms with E-state index in [4.69, 9.17) is 5.73 Å². The molecule has 0 atom stereocenters. The van der Waals surface area contributed by atoms with Crippen LogP contribution in [0, 0.1) is 0 Å². The van der Waals surface area contributed by atoms with E-state index in [-0.39, 0.29) is 6.07 Å². The van der Waals surface area contributed by atoms with Crippen molar-refractivity contribution >= 4 is 0 Å². The monoisotopic (exact) mass is 553 g/mol. The summed E-state index contributed by atoms with van der Waals surface area (Å²) in [5.41, 5.74) is 1.60. The molecule has 0 unspecified atom stereocenters. The molecular formula is C17H12F17N. The van der Waals surface area contributed by atoms with Gasteiger partial charge in [-0.1, -0.05) is 24.3 Å². The lowest BCUT2D eigenvalue weighted by Crippen LogP contribution is -2.72. The molecule has 1 aromatic carbocycles. The number of halogens is 17. The van der Waals surface area contributed by atoms with Gasteiger partial charge in [-0.3, -0.25) is 0 Å². The zero-order valence-corrected chi connectivity index (χ0v) is 16.4. The van der Waals surface area contributed by atoms with E-state index in [0.717, 1.165) is 6.07 Å². The fourth-order valence-electron chi connectivity index (χ4n) is 2.65.